The van der Waals surface area contributed by atoms with Crippen molar-refractivity contribution in [1.29, 1.82) is 0 Å². The molecule has 2 aliphatic rings. The van der Waals surface area contributed by atoms with E-state index in [1.54, 1.807) is 7.05 Å². The number of aromatic nitrogens is 2. The van der Waals surface area contributed by atoms with Gasteiger partial charge in [0.1, 0.15) is 17.7 Å². The van der Waals surface area contributed by atoms with Gasteiger partial charge in [-0.15, -0.1) is 0 Å². The Morgan fingerprint density at radius 1 is 1.15 bits per heavy atom. The summed E-state index contributed by atoms with van der Waals surface area (Å²) in [4.78, 5) is 38.1. The summed E-state index contributed by atoms with van der Waals surface area (Å²) in [7, 11) is 1.67. The molecule has 1 saturated heterocycles. The molecule has 2 aromatic rings. The third-order valence-corrected chi connectivity index (χ3v) is 6.90. The predicted octanol–water partition coefficient (Wildman–Crippen LogP) is 3.37. The Hall–Kier alpha value is -2.95. The van der Waals surface area contributed by atoms with Crippen molar-refractivity contribution in [3.8, 4) is 0 Å². The van der Waals surface area contributed by atoms with Crippen LogP contribution in [-0.2, 0) is 16.0 Å². The normalized spacial score (nSPS) is 18.7. The standard InChI is InChI=1S/C20H23ClN4O2.C8H18N2O2/c1-13-10-16(26)19-18(13)20(23-12-22-19)25-8-6-24(7-9-25)17(27)11-14-2-4-15(21)5-3-14;1-8(2,3)12-7(11)10(4)6-5-9/h2-5,12-13,16,26H,6-11H2,1H3;5-6,9H2,1-4H3/t13-,16?;/m1./s1. The number of nitrogens with zero attached hydrogens (tertiary/aromatic N) is 5. The maximum Gasteiger partial charge on any atom is 0.410 e. The monoisotopic (exact) mass is 560 g/mol. The summed E-state index contributed by atoms with van der Waals surface area (Å²) in [5.74, 6) is 1.29. The molecule has 0 bridgehead atoms. The number of likely N-dealkylation sites (N-methyl/N-ethyl adjacent to an activating group) is 1. The number of nitrogens with two attached hydrogens (primary N) is 1. The molecule has 1 aliphatic carbocycles. The first kappa shape index (κ1) is 30.6. The summed E-state index contributed by atoms with van der Waals surface area (Å²) in [6, 6.07) is 7.42. The molecule has 39 heavy (non-hydrogen) atoms. The second-order valence-corrected chi connectivity index (χ2v) is 11.4. The van der Waals surface area contributed by atoms with E-state index >= 15 is 0 Å². The third kappa shape index (κ3) is 8.52. The third-order valence-electron chi connectivity index (χ3n) is 6.65. The van der Waals surface area contributed by atoms with Gasteiger partial charge in [-0.25, -0.2) is 14.8 Å². The Morgan fingerprint density at radius 3 is 2.38 bits per heavy atom. The number of hydrogen-bond donors (Lipinski definition) is 2. The summed E-state index contributed by atoms with van der Waals surface area (Å²) in [6.07, 6.45) is 1.80. The van der Waals surface area contributed by atoms with Crippen molar-refractivity contribution in [3.63, 3.8) is 0 Å². The Kier molecular flexibility index (Phi) is 10.5. The van der Waals surface area contributed by atoms with Gasteiger partial charge in [0.15, 0.2) is 0 Å². The largest absolute Gasteiger partial charge is 0.444 e. The number of fused-ring (bicyclic) bond motifs is 1. The van der Waals surface area contributed by atoms with Crippen LogP contribution < -0.4 is 10.6 Å². The van der Waals surface area contributed by atoms with Gasteiger partial charge in [0.2, 0.25) is 5.91 Å². The molecule has 1 aromatic heterocycles. The van der Waals surface area contributed by atoms with Crippen LogP contribution in [0.1, 0.15) is 63.0 Å². The Labute approximate surface area is 236 Å². The quantitative estimate of drug-likeness (QED) is 0.570. The second-order valence-electron chi connectivity index (χ2n) is 11.0. The number of amides is 2. The Balaban J connectivity index is 0.000000298. The van der Waals surface area contributed by atoms with Crippen molar-refractivity contribution >= 4 is 29.4 Å². The smallest absolute Gasteiger partial charge is 0.410 e. The maximum absolute atomic E-state index is 12.6. The molecule has 1 unspecified atom stereocenters. The molecule has 2 atom stereocenters. The second kappa shape index (κ2) is 13.4. The highest BCUT2D eigenvalue weighted by atomic mass is 35.5. The van der Waals surface area contributed by atoms with Crippen molar-refractivity contribution in [2.45, 2.75) is 58.2 Å². The molecule has 0 radical (unpaired) electrons. The number of rotatable bonds is 5. The van der Waals surface area contributed by atoms with Crippen LogP contribution in [0.25, 0.3) is 0 Å². The minimum absolute atomic E-state index is 0.133. The van der Waals surface area contributed by atoms with Crippen molar-refractivity contribution < 1.29 is 19.4 Å². The number of piperazine rings is 1. The van der Waals surface area contributed by atoms with Crippen LogP contribution in [0, 0.1) is 0 Å². The lowest BCUT2D eigenvalue weighted by molar-refractivity contribution is -0.130. The van der Waals surface area contributed by atoms with E-state index in [0.717, 1.165) is 35.7 Å². The molecule has 2 heterocycles. The van der Waals surface area contributed by atoms with Gasteiger partial charge in [0, 0.05) is 56.9 Å². The fourth-order valence-corrected chi connectivity index (χ4v) is 4.76. The van der Waals surface area contributed by atoms with Gasteiger partial charge < -0.3 is 30.3 Å². The fraction of sp³-hybridized carbons (Fsp3) is 0.571. The zero-order valence-corrected chi connectivity index (χ0v) is 24.3. The molecule has 214 valence electrons. The molecule has 1 fully saturated rings. The first-order valence-electron chi connectivity index (χ1n) is 13.3. The molecular formula is C28H41ClN6O4. The zero-order chi connectivity index (χ0) is 28.7. The van der Waals surface area contributed by atoms with E-state index in [0.29, 0.717) is 44.0 Å². The molecule has 0 saturated carbocycles. The van der Waals surface area contributed by atoms with E-state index in [9.17, 15) is 14.7 Å². The summed E-state index contributed by atoms with van der Waals surface area (Å²) < 4.78 is 5.08. The number of ether oxygens (including phenoxy) is 1. The lowest BCUT2D eigenvalue weighted by atomic mass is 10.1. The van der Waals surface area contributed by atoms with Gasteiger partial charge in [0.25, 0.3) is 0 Å². The van der Waals surface area contributed by atoms with E-state index in [1.807, 2.05) is 49.9 Å². The van der Waals surface area contributed by atoms with E-state index in [4.69, 9.17) is 22.1 Å². The zero-order valence-electron chi connectivity index (χ0n) is 23.6. The average molecular weight is 561 g/mol. The van der Waals surface area contributed by atoms with Gasteiger partial charge in [-0.3, -0.25) is 4.79 Å². The van der Waals surface area contributed by atoms with Gasteiger partial charge in [0.05, 0.1) is 18.2 Å². The van der Waals surface area contributed by atoms with E-state index in [-0.39, 0.29) is 17.9 Å². The Bertz CT molecular complexity index is 1120. The number of anilines is 1. The molecule has 10 nitrogen and oxygen atoms in total. The molecule has 0 spiro atoms. The number of benzene rings is 1. The fourth-order valence-electron chi connectivity index (χ4n) is 4.64. The number of halogens is 1. The molecule has 1 aromatic carbocycles. The number of aliphatic hydroxyl groups excluding tert-OH is 1. The number of aliphatic hydroxyl groups is 1. The highest BCUT2D eigenvalue weighted by molar-refractivity contribution is 6.30. The number of carbonyl (C=O) groups excluding carboxylic acids is 2. The van der Waals surface area contributed by atoms with Crippen molar-refractivity contribution in [2.75, 3.05) is 51.2 Å². The summed E-state index contributed by atoms with van der Waals surface area (Å²) in [5, 5.41) is 10.9. The van der Waals surface area contributed by atoms with Crippen LogP contribution in [0.3, 0.4) is 0 Å². The van der Waals surface area contributed by atoms with Gasteiger partial charge in [-0.2, -0.15) is 0 Å². The number of hydrogen-bond acceptors (Lipinski definition) is 8. The van der Waals surface area contributed by atoms with E-state index < -0.39 is 11.7 Å². The first-order chi connectivity index (χ1) is 18.4. The lowest BCUT2D eigenvalue weighted by Gasteiger charge is -2.36. The molecule has 11 heteroatoms. The summed E-state index contributed by atoms with van der Waals surface area (Å²) in [5.41, 5.74) is 7.65. The molecule has 1 aliphatic heterocycles. The summed E-state index contributed by atoms with van der Waals surface area (Å²) >= 11 is 5.90. The SMILES string of the molecule is CN(CCN)C(=O)OC(C)(C)C.C[C@@H]1CC(O)c2ncnc(N3CCN(C(=O)Cc4ccc(Cl)cc4)CC3)c21. The highest BCUT2D eigenvalue weighted by Crippen LogP contribution is 2.42. The van der Waals surface area contributed by atoms with Crippen molar-refractivity contribution in [3.05, 3.63) is 52.4 Å². The molecular weight excluding hydrogens is 520 g/mol. The van der Waals surface area contributed by atoms with Gasteiger partial charge >= 0.3 is 6.09 Å². The lowest BCUT2D eigenvalue weighted by Crippen LogP contribution is -2.49. The average Bonchev–Trinajstić information content (AvgIpc) is 3.18. The molecule has 4 rings (SSSR count). The van der Waals surface area contributed by atoms with Gasteiger partial charge in [-0.1, -0.05) is 30.7 Å². The predicted molar refractivity (Wildman–Crippen MR) is 152 cm³/mol. The molecule has 3 N–H and O–H groups in total. The maximum atomic E-state index is 12.6. The Morgan fingerprint density at radius 2 is 1.79 bits per heavy atom. The topological polar surface area (TPSA) is 125 Å². The minimum atomic E-state index is -0.501. The minimum Gasteiger partial charge on any atom is -0.444 e. The van der Waals surface area contributed by atoms with E-state index in [2.05, 4.69) is 21.8 Å². The van der Waals surface area contributed by atoms with E-state index in [1.165, 1.54) is 11.2 Å². The number of carbonyl (C=O) groups is 2. The first-order valence-corrected chi connectivity index (χ1v) is 13.7. The molecule has 2 amide bonds. The summed E-state index contributed by atoms with van der Waals surface area (Å²) in [6.45, 7) is 11.4. The van der Waals surface area contributed by atoms with Crippen LogP contribution in [0.4, 0.5) is 10.6 Å². The van der Waals surface area contributed by atoms with Crippen LogP contribution >= 0.6 is 11.6 Å². The highest BCUT2D eigenvalue weighted by Gasteiger charge is 2.34. The van der Waals surface area contributed by atoms with Crippen molar-refractivity contribution in [1.82, 2.24) is 19.8 Å². The van der Waals surface area contributed by atoms with Crippen LogP contribution in [0.5, 0.6) is 0 Å². The van der Waals surface area contributed by atoms with Crippen LogP contribution in [0.2, 0.25) is 5.02 Å². The van der Waals surface area contributed by atoms with Crippen LogP contribution in [-0.4, -0.2) is 88.8 Å². The van der Waals surface area contributed by atoms with Crippen molar-refractivity contribution in [2.24, 2.45) is 5.73 Å². The van der Waals surface area contributed by atoms with Gasteiger partial charge in [-0.05, 0) is 50.8 Å². The van der Waals surface area contributed by atoms with Crippen LogP contribution in [0.15, 0.2) is 30.6 Å².